The summed E-state index contributed by atoms with van der Waals surface area (Å²) in [6.07, 6.45) is 2.80. The third-order valence-electron chi connectivity index (χ3n) is 4.72. The highest BCUT2D eigenvalue weighted by Gasteiger charge is 2.21. The molecule has 2 aromatic carbocycles. The molecular formula is C20H25NO3. The van der Waals surface area contributed by atoms with Gasteiger partial charge in [-0.2, -0.15) is 0 Å². The zero-order chi connectivity index (χ0) is 16.9. The molecule has 2 atom stereocenters. The van der Waals surface area contributed by atoms with Gasteiger partial charge in [-0.1, -0.05) is 18.2 Å². The lowest BCUT2D eigenvalue weighted by atomic mass is 9.87. The second kappa shape index (κ2) is 7.69. The van der Waals surface area contributed by atoms with Crippen LogP contribution in [0.1, 0.15) is 41.7 Å². The van der Waals surface area contributed by atoms with E-state index in [1.807, 2.05) is 30.3 Å². The first-order valence-electron chi connectivity index (χ1n) is 8.43. The van der Waals surface area contributed by atoms with Gasteiger partial charge in [0, 0.05) is 12.6 Å². The van der Waals surface area contributed by atoms with Gasteiger partial charge in [-0.15, -0.1) is 0 Å². The van der Waals surface area contributed by atoms with E-state index in [-0.39, 0.29) is 6.04 Å². The highest BCUT2D eigenvalue weighted by molar-refractivity contribution is 5.39. The van der Waals surface area contributed by atoms with Gasteiger partial charge in [0.25, 0.3) is 0 Å². The third kappa shape index (κ3) is 3.71. The van der Waals surface area contributed by atoms with Crippen LogP contribution in [-0.4, -0.2) is 25.9 Å². The lowest BCUT2D eigenvalue weighted by molar-refractivity contribution is 0.168. The second-order valence-corrected chi connectivity index (χ2v) is 6.21. The topological polar surface area (TPSA) is 50.7 Å². The number of nitrogens with one attached hydrogen (secondary N) is 1. The van der Waals surface area contributed by atoms with Gasteiger partial charge < -0.3 is 19.9 Å². The number of aryl methyl sites for hydroxylation is 1. The minimum Gasteiger partial charge on any atom is -0.497 e. The molecule has 1 aliphatic rings. The molecule has 3 rings (SSSR count). The first kappa shape index (κ1) is 16.8. The number of methoxy groups -OCH3 is 2. The zero-order valence-electron chi connectivity index (χ0n) is 14.3. The summed E-state index contributed by atoms with van der Waals surface area (Å²) in [5.41, 5.74) is 3.56. The van der Waals surface area contributed by atoms with Crippen molar-refractivity contribution in [1.29, 1.82) is 0 Å². The standard InChI is InChI=1S/C20H25NO3/c1-23-16-8-6-14(7-9-16)20(22)13-21-19-5-3-4-15-12-17(24-2)10-11-18(15)19/h6-12,19-22H,3-5,13H2,1-2H3. The minimum absolute atomic E-state index is 0.285. The van der Waals surface area contributed by atoms with Crippen molar-refractivity contribution in [3.05, 3.63) is 59.2 Å². The molecule has 2 N–H and O–H groups in total. The van der Waals surface area contributed by atoms with Gasteiger partial charge in [-0.05, 0) is 60.2 Å². The van der Waals surface area contributed by atoms with Gasteiger partial charge in [0.05, 0.1) is 20.3 Å². The Kier molecular flexibility index (Phi) is 5.38. The third-order valence-corrected chi connectivity index (χ3v) is 4.72. The Labute approximate surface area is 143 Å². The molecule has 0 fully saturated rings. The van der Waals surface area contributed by atoms with Gasteiger partial charge in [0.15, 0.2) is 0 Å². The molecule has 4 nitrogen and oxygen atoms in total. The number of benzene rings is 2. The molecule has 0 amide bonds. The molecule has 0 saturated carbocycles. The maximum Gasteiger partial charge on any atom is 0.119 e. The molecule has 0 bridgehead atoms. The van der Waals surface area contributed by atoms with Gasteiger partial charge >= 0.3 is 0 Å². The van der Waals surface area contributed by atoms with Gasteiger partial charge in [0.2, 0.25) is 0 Å². The average molecular weight is 327 g/mol. The van der Waals surface area contributed by atoms with Crippen LogP contribution in [-0.2, 0) is 6.42 Å². The zero-order valence-corrected chi connectivity index (χ0v) is 14.3. The highest BCUT2D eigenvalue weighted by Crippen LogP contribution is 2.32. The van der Waals surface area contributed by atoms with E-state index in [0.717, 1.165) is 36.3 Å². The molecule has 0 radical (unpaired) electrons. The van der Waals surface area contributed by atoms with Gasteiger partial charge in [-0.3, -0.25) is 0 Å². The summed E-state index contributed by atoms with van der Waals surface area (Å²) in [4.78, 5) is 0. The van der Waals surface area contributed by atoms with Crippen molar-refractivity contribution in [1.82, 2.24) is 5.32 Å². The molecule has 2 unspecified atom stereocenters. The van der Waals surface area contributed by atoms with E-state index in [4.69, 9.17) is 9.47 Å². The first-order valence-corrected chi connectivity index (χ1v) is 8.43. The fourth-order valence-corrected chi connectivity index (χ4v) is 3.33. The van der Waals surface area contributed by atoms with Crippen LogP contribution in [0, 0.1) is 0 Å². The Hall–Kier alpha value is -2.04. The summed E-state index contributed by atoms with van der Waals surface area (Å²) in [5, 5.41) is 13.9. The monoisotopic (exact) mass is 327 g/mol. The number of aliphatic hydroxyl groups excluding tert-OH is 1. The van der Waals surface area contributed by atoms with Crippen molar-refractivity contribution < 1.29 is 14.6 Å². The number of ether oxygens (including phenoxy) is 2. The molecule has 0 spiro atoms. The molecule has 24 heavy (non-hydrogen) atoms. The van der Waals surface area contributed by atoms with Crippen LogP contribution >= 0.6 is 0 Å². The first-order chi connectivity index (χ1) is 11.7. The van der Waals surface area contributed by atoms with Crippen LogP contribution in [0.3, 0.4) is 0 Å². The predicted molar refractivity (Wildman–Crippen MR) is 94.6 cm³/mol. The van der Waals surface area contributed by atoms with Crippen LogP contribution in [0.5, 0.6) is 11.5 Å². The van der Waals surface area contributed by atoms with Gasteiger partial charge in [0.1, 0.15) is 11.5 Å². The fraction of sp³-hybridized carbons (Fsp3) is 0.400. The minimum atomic E-state index is -0.528. The quantitative estimate of drug-likeness (QED) is 0.854. The van der Waals surface area contributed by atoms with E-state index in [2.05, 4.69) is 17.4 Å². The number of aliphatic hydroxyl groups is 1. The summed E-state index contributed by atoms with van der Waals surface area (Å²) in [6.45, 7) is 0.530. The number of hydrogen-bond donors (Lipinski definition) is 2. The van der Waals surface area contributed by atoms with Crippen LogP contribution in [0.4, 0.5) is 0 Å². The van der Waals surface area contributed by atoms with Crippen molar-refractivity contribution >= 4 is 0 Å². The van der Waals surface area contributed by atoms with Crippen LogP contribution in [0.25, 0.3) is 0 Å². The fourth-order valence-electron chi connectivity index (χ4n) is 3.33. The van der Waals surface area contributed by atoms with Crippen LogP contribution in [0.2, 0.25) is 0 Å². The lowest BCUT2D eigenvalue weighted by Crippen LogP contribution is -2.29. The maximum atomic E-state index is 10.4. The number of fused-ring (bicyclic) bond motifs is 1. The van der Waals surface area contributed by atoms with E-state index in [1.165, 1.54) is 11.1 Å². The molecular weight excluding hydrogens is 302 g/mol. The highest BCUT2D eigenvalue weighted by atomic mass is 16.5. The Morgan fingerprint density at radius 3 is 2.50 bits per heavy atom. The summed E-state index contributed by atoms with van der Waals surface area (Å²) >= 11 is 0. The molecule has 128 valence electrons. The van der Waals surface area contributed by atoms with Crippen LogP contribution < -0.4 is 14.8 Å². The molecule has 4 heteroatoms. The van der Waals surface area contributed by atoms with Crippen molar-refractivity contribution in [2.75, 3.05) is 20.8 Å². The largest absolute Gasteiger partial charge is 0.497 e. The molecule has 2 aromatic rings. The Balaban J connectivity index is 1.64. The summed E-state index contributed by atoms with van der Waals surface area (Å²) < 4.78 is 10.5. The molecule has 1 aliphatic carbocycles. The normalized spacial score (nSPS) is 17.9. The second-order valence-electron chi connectivity index (χ2n) is 6.21. The Bertz CT molecular complexity index is 669. The predicted octanol–water partition coefficient (Wildman–Crippen LogP) is 3.40. The van der Waals surface area contributed by atoms with Crippen molar-refractivity contribution in [2.24, 2.45) is 0 Å². The molecule has 0 saturated heterocycles. The van der Waals surface area contributed by atoms with E-state index in [9.17, 15) is 5.11 Å². The van der Waals surface area contributed by atoms with E-state index in [1.54, 1.807) is 14.2 Å². The van der Waals surface area contributed by atoms with Crippen molar-refractivity contribution in [3.8, 4) is 11.5 Å². The van der Waals surface area contributed by atoms with Crippen LogP contribution in [0.15, 0.2) is 42.5 Å². The Morgan fingerprint density at radius 1 is 1.08 bits per heavy atom. The summed E-state index contributed by atoms with van der Waals surface area (Å²) in [5.74, 6) is 1.71. The molecule has 0 aromatic heterocycles. The Morgan fingerprint density at radius 2 is 1.79 bits per heavy atom. The average Bonchev–Trinajstić information content (AvgIpc) is 2.65. The number of hydrogen-bond acceptors (Lipinski definition) is 4. The van der Waals surface area contributed by atoms with E-state index < -0.39 is 6.10 Å². The van der Waals surface area contributed by atoms with Crippen molar-refractivity contribution in [2.45, 2.75) is 31.4 Å². The summed E-state index contributed by atoms with van der Waals surface area (Å²) in [7, 11) is 3.34. The van der Waals surface area contributed by atoms with E-state index >= 15 is 0 Å². The molecule has 0 heterocycles. The number of rotatable bonds is 6. The van der Waals surface area contributed by atoms with Crippen molar-refractivity contribution in [3.63, 3.8) is 0 Å². The lowest BCUT2D eigenvalue weighted by Gasteiger charge is -2.28. The summed E-state index contributed by atoms with van der Waals surface area (Å²) in [6, 6.07) is 14.1. The SMILES string of the molecule is COc1ccc(C(O)CNC2CCCc3cc(OC)ccc32)cc1. The van der Waals surface area contributed by atoms with E-state index in [0.29, 0.717) is 6.54 Å². The maximum absolute atomic E-state index is 10.4. The van der Waals surface area contributed by atoms with Gasteiger partial charge in [-0.25, -0.2) is 0 Å². The smallest absolute Gasteiger partial charge is 0.119 e. The molecule has 0 aliphatic heterocycles.